The first kappa shape index (κ1) is 20.9. The number of hydrogen-bond acceptors (Lipinski definition) is 4. The number of ether oxygens (including phenoxy) is 2. The van der Waals surface area contributed by atoms with Crippen molar-refractivity contribution in [2.45, 2.75) is 49.3 Å². The monoisotopic (exact) mass is 443 g/mol. The fraction of sp³-hybridized carbons (Fsp3) is 0.417. The fourth-order valence-electron chi connectivity index (χ4n) is 5.19. The van der Waals surface area contributed by atoms with E-state index >= 15 is 0 Å². The molecule has 8 heteroatoms. The van der Waals surface area contributed by atoms with E-state index in [0.29, 0.717) is 0 Å². The van der Waals surface area contributed by atoms with Crippen LogP contribution in [0.1, 0.15) is 42.7 Å². The van der Waals surface area contributed by atoms with Crippen LogP contribution in [0.25, 0.3) is 11.1 Å². The Labute approximate surface area is 183 Å². The highest BCUT2D eigenvalue weighted by atomic mass is 19.3. The molecule has 2 aromatic rings. The number of carbonyl (C=O) groups excluding carboxylic acids is 1. The molecule has 1 spiro atoms. The van der Waals surface area contributed by atoms with E-state index in [1.165, 1.54) is 0 Å². The highest BCUT2D eigenvalue weighted by Gasteiger charge is 2.57. The molecule has 0 bridgehead atoms. The summed E-state index contributed by atoms with van der Waals surface area (Å²) < 4.78 is 38.8. The molecule has 0 radical (unpaired) electrons. The predicted molar refractivity (Wildman–Crippen MR) is 110 cm³/mol. The molecule has 3 aliphatic rings. The third kappa shape index (κ3) is 3.33. The van der Waals surface area contributed by atoms with Gasteiger partial charge in [-0.25, -0.2) is 18.4 Å². The molecule has 5 rings (SSSR count). The van der Waals surface area contributed by atoms with Crippen LogP contribution in [-0.2, 0) is 14.3 Å². The molecule has 1 unspecified atom stereocenters. The van der Waals surface area contributed by atoms with E-state index in [1.807, 2.05) is 48.5 Å². The number of hydrogen-bond donors (Lipinski definition) is 1. The molecule has 1 heterocycles. The summed E-state index contributed by atoms with van der Waals surface area (Å²) in [6, 6.07) is 14.5. The molecule has 2 aliphatic carbocycles. The number of halogens is 2. The van der Waals surface area contributed by atoms with Crippen molar-refractivity contribution < 1.29 is 33.0 Å². The quantitative estimate of drug-likeness (QED) is 0.749. The molecular weight excluding hydrogens is 420 g/mol. The Morgan fingerprint density at radius 1 is 1.00 bits per heavy atom. The third-order valence-corrected chi connectivity index (χ3v) is 6.84. The van der Waals surface area contributed by atoms with Gasteiger partial charge in [0.05, 0.1) is 6.61 Å². The number of nitrogens with zero attached hydrogens (tertiary/aromatic N) is 1. The van der Waals surface area contributed by atoms with Crippen LogP contribution in [0.5, 0.6) is 0 Å². The van der Waals surface area contributed by atoms with Gasteiger partial charge in [-0.1, -0.05) is 48.5 Å². The Bertz CT molecular complexity index is 1020. The summed E-state index contributed by atoms with van der Waals surface area (Å²) in [5, 5.41) is 9.61. The van der Waals surface area contributed by atoms with Gasteiger partial charge < -0.3 is 14.6 Å². The van der Waals surface area contributed by atoms with Gasteiger partial charge in [0.15, 0.2) is 6.04 Å². The average Bonchev–Trinajstić information content (AvgIpc) is 3.31. The number of carboxylic acid groups (broad SMARTS) is 1. The predicted octanol–water partition coefficient (Wildman–Crippen LogP) is 4.63. The second-order valence-electron chi connectivity index (χ2n) is 8.64. The van der Waals surface area contributed by atoms with Gasteiger partial charge in [-0.3, -0.25) is 4.90 Å². The van der Waals surface area contributed by atoms with E-state index in [4.69, 9.17) is 9.47 Å². The maximum Gasteiger partial charge on any atom is 0.412 e. The minimum absolute atomic E-state index is 0.0158. The smallest absolute Gasteiger partial charge is 0.412 e. The van der Waals surface area contributed by atoms with Gasteiger partial charge in [0.2, 0.25) is 5.92 Å². The number of carboxylic acids is 1. The molecular formula is C24H23F2NO5. The van der Waals surface area contributed by atoms with E-state index in [9.17, 15) is 23.5 Å². The number of rotatable bonds is 3. The van der Waals surface area contributed by atoms with E-state index < -0.39 is 42.6 Å². The molecule has 2 fully saturated rings. The molecule has 168 valence electrons. The summed E-state index contributed by atoms with van der Waals surface area (Å²) in [5.74, 6) is -4.28. The van der Waals surface area contributed by atoms with Crippen LogP contribution in [0.15, 0.2) is 48.5 Å². The van der Waals surface area contributed by atoms with Crippen molar-refractivity contribution in [1.82, 2.24) is 4.90 Å². The second kappa shape index (κ2) is 7.55. The van der Waals surface area contributed by atoms with Crippen LogP contribution in [0.4, 0.5) is 13.6 Å². The average molecular weight is 443 g/mol. The van der Waals surface area contributed by atoms with Crippen molar-refractivity contribution >= 4 is 12.1 Å². The third-order valence-electron chi connectivity index (χ3n) is 6.84. The number of amides is 1. The van der Waals surface area contributed by atoms with Gasteiger partial charge in [0.1, 0.15) is 12.3 Å². The van der Waals surface area contributed by atoms with E-state index in [0.717, 1.165) is 27.2 Å². The molecule has 32 heavy (non-hydrogen) atoms. The Morgan fingerprint density at radius 2 is 1.56 bits per heavy atom. The van der Waals surface area contributed by atoms with Crippen molar-refractivity contribution in [2.75, 3.05) is 13.2 Å². The lowest BCUT2D eigenvalue weighted by atomic mass is 9.88. The maximum absolute atomic E-state index is 13.8. The molecule has 1 N–H and O–H groups in total. The van der Waals surface area contributed by atoms with Crippen LogP contribution in [0.3, 0.4) is 0 Å². The zero-order chi connectivity index (χ0) is 22.5. The zero-order valence-electron chi connectivity index (χ0n) is 17.3. The van der Waals surface area contributed by atoms with Gasteiger partial charge in [-0.05, 0) is 22.3 Å². The number of fused-ring (bicyclic) bond motifs is 3. The Balaban J connectivity index is 1.38. The SMILES string of the molecule is O=C(O)C1COC2(CCC(F)(F)CC2)N1C(=O)OCC1c2ccccc2-c2ccccc21. The van der Waals surface area contributed by atoms with Crippen molar-refractivity contribution in [3.8, 4) is 11.1 Å². The summed E-state index contributed by atoms with van der Waals surface area (Å²) in [6.07, 6.45) is -2.04. The van der Waals surface area contributed by atoms with Gasteiger partial charge in [0, 0.05) is 31.6 Å². The normalized spacial score (nSPS) is 23.1. The highest BCUT2D eigenvalue weighted by Crippen LogP contribution is 2.47. The van der Waals surface area contributed by atoms with E-state index in [1.54, 1.807) is 0 Å². The highest BCUT2D eigenvalue weighted by molar-refractivity contribution is 5.82. The summed E-state index contributed by atoms with van der Waals surface area (Å²) in [5.41, 5.74) is 2.83. The fourth-order valence-corrected chi connectivity index (χ4v) is 5.19. The maximum atomic E-state index is 13.8. The van der Waals surface area contributed by atoms with Gasteiger partial charge in [-0.15, -0.1) is 0 Å². The van der Waals surface area contributed by atoms with Crippen LogP contribution in [0, 0.1) is 0 Å². The molecule has 1 amide bonds. The van der Waals surface area contributed by atoms with Crippen LogP contribution in [-0.4, -0.2) is 53.0 Å². The minimum Gasteiger partial charge on any atom is -0.480 e. The van der Waals surface area contributed by atoms with Crippen molar-refractivity contribution in [3.05, 3.63) is 59.7 Å². The summed E-state index contributed by atoms with van der Waals surface area (Å²) in [6.45, 7) is -0.229. The first-order valence-electron chi connectivity index (χ1n) is 10.7. The van der Waals surface area contributed by atoms with Gasteiger partial charge >= 0.3 is 12.1 Å². The lowest BCUT2D eigenvalue weighted by Crippen LogP contribution is -2.56. The number of carbonyl (C=O) groups is 2. The van der Waals surface area contributed by atoms with Crippen molar-refractivity contribution in [3.63, 3.8) is 0 Å². The van der Waals surface area contributed by atoms with Crippen molar-refractivity contribution in [1.29, 1.82) is 0 Å². The Kier molecular flexibility index (Phi) is 4.93. The molecule has 2 aromatic carbocycles. The molecule has 1 saturated heterocycles. The number of aliphatic carboxylic acids is 1. The lowest BCUT2D eigenvalue weighted by molar-refractivity contribution is -0.158. The largest absolute Gasteiger partial charge is 0.480 e. The molecule has 0 aromatic heterocycles. The van der Waals surface area contributed by atoms with Gasteiger partial charge in [0.25, 0.3) is 0 Å². The summed E-state index contributed by atoms with van der Waals surface area (Å²) in [7, 11) is 0. The lowest BCUT2D eigenvalue weighted by Gasteiger charge is -2.42. The van der Waals surface area contributed by atoms with Gasteiger partial charge in [-0.2, -0.15) is 0 Å². The summed E-state index contributed by atoms with van der Waals surface area (Å²) >= 11 is 0. The Morgan fingerprint density at radius 3 is 2.12 bits per heavy atom. The first-order valence-corrected chi connectivity index (χ1v) is 10.7. The van der Waals surface area contributed by atoms with Crippen LogP contribution < -0.4 is 0 Å². The molecule has 1 saturated carbocycles. The molecule has 1 atom stereocenters. The molecule has 6 nitrogen and oxygen atoms in total. The summed E-state index contributed by atoms with van der Waals surface area (Å²) in [4.78, 5) is 26.0. The van der Waals surface area contributed by atoms with Crippen LogP contribution in [0.2, 0.25) is 0 Å². The standard InChI is InChI=1S/C24H23F2NO5/c25-23(26)9-11-24(12-10-23)27(20(14-32-24)21(28)29)22(30)31-13-19-17-7-3-1-5-15(17)16-6-2-4-8-18(16)19/h1-8,19-20H,9-14H2,(H,28,29). The van der Waals surface area contributed by atoms with Crippen molar-refractivity contribution in [2.24, 2.45) is 0 Å². The minimum atomic E-state index is -2.84. The number of benzene rings is 2. The zero-order valence-corrected chi connectivity index (χ0v) is 17.3. The topological polar surface area (TPSA) is 76.1 Å². The van der Waals surface area contributed by atoms with E-state index in [-0.39, 0.29) is 32.0 Å². The van der Waals surface area contributed by atoms with E-state index in [2.05, 4.69) is 0 Å². The van der Waals surface area contributed by atoms with Crippen LogP contribution >= 0.6 is 0 Å². The Hall–Kier alpha value is -3.00. The number of alkyl halides is 2. The first-order chi connectivity index (χ1) is 15.3. The second-order valence-corrected chi connectivity index (χ2v) is 8.64. The molecule has 1 aliphatic heterocycles.